The minimum absolute atomic E-state index is 0.0398. The predicted octanol–water partition coefficient (Wildman–Crippen LogP) is 2.86. The molecule has 12 nitrogen and oxygen atoms in total. The maximum Gasteiger partial charge on any atom is 0.325 e. The second kappa shape index (κ2) is 17.9. The number of carbonyl (C=O) groups excluding carboxylic acids is 2. The van der Waals surface area contributed by atoms with Gasteiger partial charge >= 0.3 is 5.97 Å². The summed E-state index contributed by atoms with van der Waals surface area (Å²) in [5, 5.41) is 12.3. The summed E-state index contributed by atoms with van der Waals surface area (Å²) in [6.45, 7) is 2.55. The first-order valence-electron chi connectivity index (χ1n) is 13.7. The zero-order valence-electron chi connectivity index (χ0n) is 22.7. The zero-order valence-corrected chi connectivity index (χ0v) is 22.7. The fraction of sp³-hybridized carbons (Fsp3) is 0.593. The molecule has 1 amide bonds. The Hall–Kier alpha value is -3.51. The van der Waals surface area contributed by atoms with Crippen LogP contribution in [-0.4, -0.2) is 86.0 Å². The van der Waals surface area contributed by atoms with Gasteiger partial charge in [-0.25, -0.2) is 0 Å². The molecule has 0 aliphatic heterocycles. The molecule has 1 aliphatic carbocycles. The molecule has 214 valence electrons. The van der Waals surface area contributed by atoms with Gasteiger partial charge < -0.3 is 35.5 Å². The van der Waals surface area contributed by atoms with E-state index in [0.29, 0.717) is 69.0 Å². The molecule has 0 unspecified atom stereocenters. The normalized spacial score (nSPS) is 14.1. The molecule has 1 heterocycles. The lowest BCUT2D eigenvalue weighted by atomic mass is 9.97. The molecule has 1 aliphatic rings. The number of nitrogens with zero attached hydrogens (tertiary/aromatic N) is 3. The van der Waals surface area contributed by atoms with Gasteiger partial charge in [-0.2, -0.15) is 15.0 Å². The van der Waals surface area contributed by atoms with Crippen molar-refractivity contribution in [3.8, 4) is 0 Å². The molecule has 0 saturated heterocycles. The topological polar surface area (TPSA) is 149 Å². The molecule has 39 heavy (non-hydrogen) atoms. The van der Waals surface area contributed by atoms with Gasteiger partial charge in [-0.1, -0.05) is 50.3 Å². The van der Waals surface area contributed by atoms with E-state index in [1.165, 1.54) is 39.2 Å². The molecule has 0 radical (unpaired) electrons. The fourth-order valence-electron chi connectivity index (χ4n) is 4.09. The highest BCUT2D eigenvalue weighted by molar-refractivity contribution is 5.94. The monoisotopic (exact) mass is 543 g/mol. The fourth-order valence-corrected chi connectivity index (χ4v) is 4.09. The summed E-state index contributed by atoms with van der Waals surface area (Å²) in [6.07, 6.45) is 8.34. The van der Waals surface area contributed by atoms with Gasteiger partial charge in [-0.15, -0.1) is 0 Å². The minimum atomic E-state index is -0.409. The average Bonchev–Trinajstić information content (AvgIpc) is 2.94. The Kier molecular flexibility index (Phi) is 13.8. The van der Waals surface area contributed by atoms with Crippen LogP contribution in [0.15, 0.2) is 30.3 Å². The van der Waals surface area contributed by atoms with E-state index in [1.54, 1.807) is 12.1 Å². The third-order valence-corrected chi connectivity index (χ3v) is 6.16. The van der Waals surface area contributed by atoms with Crippen LogP contribution in [0.25, 0.3) is 0 Å². The molecule has 0 spiro atoms. The average molecular weight is 544 g/mol. The van der Waals surface area contributed by atoms with Crippen LogP contribution in [0.2, 0.25) is 0 Å². The molecule has 2 aromatic rings. The number of ether oxygens (including phenoxy) is 3. The minimum Gasteiger partial charge on any atom is -0.468 e. The van der Waals surface area contributed by atoms with Gasteiger partial charge in [0.05, 0.1) is 33.5 Å². The highest BCUT2D eigenvalue weighted by atomic mass is 16.5. The van der Waals surface area contributed by atoms with E-state index in [9.17, 15) is 9.59 Å². The molecular weight excluding hydrogens is 502 g/mol. The molecule has 1 aromatic carbocycles. The van der Waals surface area contributed by atoms with E-state index in [4.69, 9.17) is 14.2 Å². The standard InChI is InChI=1S/C27H41N7O5/c1-37-23(35)20-30-26-32-25(33-27(34-26)31-22-12-8-3-2-4-9-13-22)29-15-17-39-19-18-38-16-14-28-24(36)21-10-6-5-7-11-21/h5-7,10-11,22H,2-4,8-9,12-20H2,1H3,(H,28,36)(H3,29,30,31,32,33,34). The first-order chi connectivity index (χ1) is 19.1. The van der Waals surface area contributed by atoms with Crippen LogP contribution in [0.5, 0.6) is 0 Å². The lowest BCUT2D eigenvalue weighted by Gasteiger charge is -2.21. The maximum absolute atomic E-state index is 12.0. The van der Waals surface area contributed by atoms with Gasteiger partial charge in [0.25, 0.3) is 5.91 Å². The van der Waals surface area contributed by atoms with Crippen molar-refractivity contribution < 1.29 is 23.8 Å². The van der Waals surface area contributed by atoms with E-state index in [2.05, 4.69) is 36.2 Å². The summed E-state index contributed by atoms with van der Waals surface area (Å²) in [7, 11) is 1.33. The van der Waals surface area contributed by atoms with Crippen molar-refractivity contribution in [3.05, 3.63) is 35.9 Å². The predicted molar refractivity (Wildman–Crippen MR) is 149 cm³/mol. The number of anilines is 3. The molecule has 0 bridgehead atoms. The Morgan fingerprint density at radius 2 is 1.41 bits per heavy atom. The van der Waals surface area contributed by atoms with Crippen molar-refractivity contribution >= 4 is 29.7 Å². The summed E-state index contributed by atoms with van der Waals surface area (Å²) in [6, 6.07) is 9.37. The number of nitrogens with one attached hydrogen (secondary N) is 4. The van der Waals surface area contributed by atoms with Crippen molar-refractivity contribution in [2.75, 3.05) is 69.1 Å². The summed E-state index contributed by atoms with van der Waals surface area (Å²) in [4.78, 5) is 36.9. The largest absolute Gasteiger partial charge is 0.468 e. The Bertz CT molecular complexity index is 988. The van der Waals surface area contributed by atoms with Gasteiger partial charge in [0.2, 0.25) is 17.8 Å². The molecular formula is C27H41N7O5. The van der Waals surface area contributed by atoms with E-state index < -0.39 is 5.97 Å². The first kappa shape index (κ1) is 30.0. The molecule has 1 fully saturated rings. The van der Waals surface area contributed by atoms with Crippen LogP contribution < -0.4 is 21.3 Å². The van der Waals surface area contributed by atoms with Gasteiger partial charge in [0.15, 0.2) is 0 Å². The van der Waals surface area contributed by atoms with E-state index in [0.717, 1.165) is 12.8 Å². The van der Waals surface area contributed by atoms with Gasteiger partial charge in [-0.3, -0.25) is 9.59 Å². The van der Waals surface area contributed by atoms with Crippen LogP contribution in [0.3, 0.4) is 0 Å². The number of esters is 1. The Morgan fingerprint density at radius 3 is 2.10 bits per heavy atom. The number of benzene rings is 1. The molecule has 0 atom stereocenters. The number of rotatable bonds is 16. The number of amides is 1. The lowest BCUT2D eigenvalue weighted by Crippen LogP contribution is -2.27. The number of hydrogen-bond donors (Lipinski definition) is 4. The first-order valence-corrected chi connectivity index (χ1v) is 13.7. The molecule has 1 saturated carbocycles. The third kappa shape index (κ3) is 12.3. The van der Waals surface area contributed by atoms with Crippen molar-refractivity contribution in [2.24, 2.45) is 0 Å². The van der Waals surface area contributed by atoms with Crippen LogP contribution in [0.4, 0.5) is 17.8 Å². The number of hydrogen-bond acceptors (Lipinski definition) is 11. The van der Waals surface area contributed by atoms with E-state index in [-0.39, 0.29) is 12.5 Å². The van der Waals surface area contributed by atoms with Crippen LogP contribution in [0, 0.1) is 0 Å². The van der Waals surface area contributed by atoms with Crippen LogP contribution in [0.1, 0.15) is 55.3 Å². The van der Waals surface area contributed by atoms with E-state index >= 15 is 0 Å². The third-order valence-electron chi connectivity index (χ3n) is 6.16. The molecule has 3 rings (SSSR count). The Balaban J connectivity index is 1.35. The lowest BCUT2D eigenvalue weighted by molar-refractivity contribution is -0.138. The van der Waals surface area contributed by atoms with Crippen molar-refractivity contribution in [2.45, 2.75) is 51.0 Å². The number of carbonyl (C=O) groups is 2. The highest BCUT2D eigenvalue weighted by Gasteiger charge is 2.15. The van der Waals surface area contributed by atoms with E-state index in [1.807, 2.05) is 18.2 Å². The maximum atomic E-state index is 12.0. The summed E-state index contributed by atoms with van der Waals surface area (Å²) in [5.74, 6) is 0.624. The summed E-state index contributed by atoms with van der Waals surface area (Å²) < 4.78 is 15.8. The Morgan fingerprint density at radius 1 is 0.795 bits per heavy atom. The van der Waals surface area contributed by atoms with Crippen molar-refractivity contribution in [1.82, 2.24) is 20.3 Å². The smallest absolute Gasteiger partial charge is 0.325 e. The summed E-state index contributed by atoms with van der Waals surface area (Å²) >= 11 is 0. The highest BCUT2D eigenvalue weighted by Crippen LogP contribution is 2.20. The van der Waals surface area contributed by atoms with Crippen LogP contribution in [-0.2, 0) is 19.0 Å². The Labute approximate surface area is 230 Å². The summed E-state index contributed by atoms with van der Waals surface area (Å²) in [5.41, 5.74) is 0.626. The molecule has 1 aromatic heterocycles. The van der Waals surface area contributed by atoms with Crippen molar-refractivity contribution in [3.63, 3.8) is 0 Å². The van der Waals surface area contributed by atoms with Crippen LogP contribution >= 0.6 is 0 Å². The van der Waals surface area contributed by atoms with Gasteiger partial charge in [0.1, 0.15) is 6.54 Å². The SMILES string of the molecule is COC(=O)CNc1nc(NCCOCCOCCNC(=O)c2ccccc2)nc(NC2CCCCCCC2)n1. The molecule has 12 heteroatoms. The number of aromatic nitrogens is 3. The van der Waals surface area contributed by atoms with Crippen molar-refractivity contribution in [1.29, 1.82) is 0 Å². The second-order valence-corrected chi connectivity index (χ2v) is 9.20. The second-order valence-electron chi connectivity index (χ2n) is 9.20. The molecule has 4 N–H and O–H groups in total. The zero-order chi connectivity index (χ0) is 27.5. The van der Waals surface area contributed by atoms with Gasteiger partial charge in [-0.05, 0) is 25.0 Å². The van der Waals surface area contributed by atoms with Gasteiger partial charge in [0, 0.05) is 24.7 Å². The quantitative estimate of drug-likeness (QED) is 0.183. The number of methoxy groups -OCH3 is 1.